The van der Waals surface area contributed by atoms with Gasteiger partial charge in [-0.1, -0.05) is 0 Å². The SMILES string of the molecule is [CH-]=C/C=C\O[CH2-].[O]=[Ni]. The Bertz CT molecular complexity index is 70.8. The zero-order valence-corrected chi connectivity index (χ0v) is 5.14. The fourth-order valence-electron chi connectivity index (χ4n) is 0.101. The van der Waals surface area contributed by atoms with Gasteiger partial charge in [-0.3, -0.25) is 6.58 Å². The Hall–Kier alpha value is -0.426. The number of allylic oxidation sites excluding steroid dienone is 2. The minimum absolute atomic E-state index is 1.37. The van der Waals surface area contributed by atoms with Gasteiger partial charge in [0.2, 0.25) is 0 Å². The summed E-state index contributed by atoms with van der Waals surface area (Å²) in [6.45, 7) is 4.89. The van der Waals surface area contributed by atoms with Gasteiger partial charge in [-0.05, 0) is 6.26 Å². The van der Waals surface area contributed by atoms with Gasteiger partial charge in [-0.25, -0.2) is 6.08 Å². The van der Waals surface area contributed by atoms with Gasteiger partial charge in [-0.2, -0.15) is 13.2 Å². The van der Waals surface area contributed by atoms with E-state index in [0.29, 0.717) is 0 Å². The molecule has 3 heteroatoms. The van der Waals surface area contributed by atoms with Crippen LogP contribution in [0.25, 0.3) is 0 Å². The monoisotopic (exact) mass is 156 g/mol. The summed E-state index contributed by atoms with van der Waals surface area (Å²) in [5, 5.41) is 0. The zero-order valence-electron chi connectivity index (χ0n) is 4.15. The third-order valence-electron chi connectivity index (χ3n) is 0.286. The van der Waals surface area contributed by atoms with Crippen LogP contribution in [0.3, 0.4) is 0 Å². The molecule has 0 radical (unpaired) electrons. The first-order chi connectivity index (χ1) is 3.91. The van der Waals surface area contributed by atoms with Gasteiger partial charge in [0.1, 0.15) is 0 Å². The van der Waals surface area contributed by atoms with Crippen LogP contribution in [-0.2, 0) is 24.0 Å². The van der Waals surface area contributed by atoms with Crippen molar-refractivity contribution in [2.45, 2.75) is 0 Å². The molecule has 2 nitrogen and oxygen atoms in total. The van der Waals surface area contributed by atoms with Crippen LogP contribution in [0, 0.1) is 13.7 Å². The van der Waals surface area contributed by atoms with E-state index in [1.54, 1.807) is 6.08 Å². The summed E-state index contributed by atoms with van der Waals surface area (Å²) in [5.41, 5.74) is 0. The Morgan fingerprint density at radius 2 is 2.12 bits per heavy atom. The van der Waals surface area contributed by atoms with Crippen molar-refractivity contribution >= 4 is 0 Å². The normalized spacial score (nSPS) is 7.38. The van der Waals surface area contributed by atoms with E-state index in [-0.39, 0.29) is 0 Å². The zero-order chi connectivity index (χ0) is 6.83. The van der Waals surface area contributed by atoms with E-state index >= 15 is 0 Å². The van der Waals surface area contributed by atoms with E-state index in [9.17, 15) is 0 Å². The molecular formula is C5H6NiO2-2. The summed E-state index contributed by atoms with van der Waals surface area (Å²) in [6, 6.07) is 0. The summed E-state index contributed by atoms with van der Waals surface area (Å²) in [4.78, 5) is 0. The molecule has 0 unspecified atom stereocenters. The Morgan fingerprint density at radius 1 is 1.62 bits per heavy atom. The maximum absolute atomic E-state index is 7.88. The third kappa shape index (κ3) is 17.6. The predicted octanol–water partition coefficient (Wildman–Crippen LogP) is 1.18. The Morgan fingerprint density at radius 3 is 2.25 bits per heavy atom. The summed E-state index contributed by atoms with van der Waals surface area (Å²) in [5.74, 6) is 0. The van der Waals surface area contributed by atoms with E-state index in [1.165, 1.54) is 12.3 Å². The Balaban J connectivity index is 0. The summed E-state index contributed by atoms with van der Waals surface area (Å²) >= 11 is 2.62. The van der Waals surface area contributed by atoms with Crippen molar-refractivity contribution < 1.29 is 24.0 Å². The molecule has 0 fully saturated rings. The van der Waals surface area contributed by atoms with Gasteiger partial charge >= 0.3 is 19.3 Å². The fourth-order valence-corrected chi connectivity index (χ4v) is 0.101. The molecule has 50 valence electrons. The van der Waals surface area contributed by atoms with Crippen molar-refractivity contribution in [3.63, 3.8) is 0 Å². The molecule has 8 heavy (non-hydrogen) atoms. The first-order valence-corrected chi connectivity index (χ1v) is 2.06. The van der Waals surface area contributed by atoms with Gasteiger partial charge in [0.25, 0.3) is 0 Å². The Labute approximate surface area is 56.8 Å². The number of ether oxygens (including phenoxy) is 1. The summed E-state index contributed by atoms with van der Waals surface area (Å²) in [6.07, 6.45) is 4.30. The van der Waals surface area contributed by atoms with Crippen LogP contribution < -0.4 is 0 Å². The molecule has 0 aliphatic rings. The number of hydrogen-bond acceptors (Lipinski definition) is 2. The average molecular weight is 157 g/mol. The minimum atomic E-state index is 1.37. The molecule has 0 aromatic heterocycles. The van der Waals surface area contributed by atoms with Crippen LogP contribution in [0.1, 0.15) is 0 Å². The molecule has 0 aromatic carbocycles. The molecule has 0 rings (SSSR count). The van der Waals surface area contributed by atoms with Gasteiger partial charge in [0, 0.05) is 0 Å². The molecular weight excluding hydrogens is 151 g/mol. The second-order valence-corrected chi connectivity index (χ2v) is 0.688. The molecule has 0 amide bonds. The quantitative estimate of drug-likeness (QED) is 0.260. The van der Waals surface area contributed by atoms with Crippen LogP contribution in [0.15, 0.2) is 18.4 Å². The Kier molecular flexibility index (Phi) is 21.1. The van der Waals surface area contributed by atoms with E-state index in [2.05, 4.69) is 27.2 Å². The molecule has 0 bridgehead atoms. The third-order valence-corrected chi connectivity index (χ3v) is 0.286. The standard InChI is InChI=1S/C5H6O.Ni.O/c1-3-4-5-6-2;;/h1,3-5H,2H2;;/q-2;;/b5-4-;;. The molecule has 0 spiro atoms. The first-order valence-electron chi connectivity index (χ1n) is 1.65. The van der Waals surface area contributed by atoms with Crippen LogP contribution in [0.2, 0.25) is 0 Å². The predicted molar refractivity (Wildman–Crippen MR) is 25.1 cm³/mol. The molecule has 0 N–H and O–H groups in total. The van der Waals surface area contributed by atoms with Crippen molar-refractivity contribution in [2.24, 2.45) is 0 Å². The van der Waals surface area contributed by atoms with Gasteiger partial charge in [0.15, 0.2) is 0 Å². The van der Waals surface area contributed by atoms with Crippen LogP contribution in [-0.4, -0.2) is 0 Å². The van der Waals surface area contributed by atoms with E-state index in [1.807, 2.05) is 0 Å². The van der Waals surface area contributed by atoms with Crippen molar-refractivity contribution in [3.05, 3.63) is 32.1 Å². The molecule has 0 aromatic rings. The van der Waals surface area contributed by atoms with Gasteiger partial charge < -0.3 is 4.74 Å². The summed E-state index contributed by atoms with van der Waals surface area (Å²) in [7, 11) is 3.06. The summed E-state index contributed by atoms with van der Waals surface area (Å²) < 4.78 is 12.1. The van der Waals surface area contributed by atoms with Crippen LogP contribution in [0.4, 0.5) is 0 Å². The molecule has 0 aliphatic heterocycles. The van der Waals surface area contributed by atoms with Crippen molar-refractivity contribution in [1.29, 1.82) is 0 Å². The van der Waals surface area contributed by atoms with E-state index < -0.39 is 0 Å². The first kappa shape index (κ1) is 10.5. The fraction of sp³-hybridized carbons (Fsp3) is 0. The average Bonchev–Trinajstić information content (AvgIpc) is 1.88. The molecule has 0 saturated heterocycles. The maximum atomic E-state index is 7.88. The molecule has 0 aliphatic carbocycles. The van der Waals surface area contributed by atoms with Crippen LogP contribution >= 0.6 is 0 Å². The van der Waals surface area contributed by atoms with Crippen molar-refractivity contribution in [3.8, 4) is 0 Å². The number of rotatable bonds is 2. The van der Waals surface area contributed by atoms with E-state index in [0.717, 1.165) is 0 Å². The van der Waals surface area contributed by atoms with Crippen molar-refractivity contribution in [2.75, 3.05) is 0 Å². The second-order valence-electron chi connectivity index (χ2n) is 0.688. The van der Waals surface area contributed by atoms with E-state index in [4.69, 9.17) is 10.5 Å². The molecule has 0 saturated carbocycles. The number of hydrogen-bond donors (Lipinski definition) is 0. The van der Waals surface area contributed by atoms with Crippen molar-refractivity contribution in [1.82, 2.24) is 0 Å². The van der Waals surface area contributed by atoms with Crippen LogP contribution in [0.5, 0.6) is 0 Å². The van der Waals surface area contributed by atoms with Gasteiger partial charge in [-0.15, -0.1) is 0 Å². The van der Waals surface area contributed by atoms with Gasteiger partial charge in [0.05, 0.1) is 0 Å². The topological polar surface area (TPSA) is 26.3 Å². The molecule has 0 atom stereocenters. The second kappa shape index (κ2) is 16.0. The molecule has 0 heterocycles.